The van der Waals surface area contributed by atoms with Crippen LogP contribution in [0.3, 0.4) is 0 Å². The molecule has 30 heavy (non-hydrogen) atoms. The fraction of sp³-hybridized carbons (Fsp3) is 0.917. The van der Waals surface area contributed by atoms with Crippen molar-refractivity contribution in [2.24, 2.45) is 11.8 Å². The molecule has 0 rings (SSSR count). The lowest BCUT2D eigenvalue weighted by Gasteiger charge is -2.31. The van der Waals surface area contributed by atoms with Crippen LogP contribution in [-0.4, -0.2) is 35.7 Å². The number of hydrogen-bond donors (Lipinski definition) is 0. The predicted molar refractivity (Wildman–Crippen MR) is 132 cm³/mol. The smallest absolute Gasteiger partial charge is 0.322 e. The zero-order valence-electron chi connectivity index (χ0n) is 20.7. The van der Waals surface area contributed by atoms with E-state index in [1.54, 1.807) is 0 Å². The number of methoxy groups -OCH3 is 2. The van der Waals surface area contributed by atoms with Crippen molar-refractivity contribution in [3.05, 3.63) is 0 Å². The van der Waals surface area contributed by atoms with Gasteiger partial charge in [-0.2, -0.15) is 0 Å². The topological polar surface area (TPSA) is 52.6 Å². The Bertz CT molecular complexity index is 452. The third kappa shape index (κ3) is 11.9. The van der Waals surface area contributed by atoms with Gasteiger partial charge in [-0.05, 0) is 38.5 Å². The molecule has 0 heterocycles. The summed E-state index contributed by atoms with van der Waals surface area (Å²) in [5, 5.41) is 0. The average Bonchev–Trinajstić information content (AvgIpc) is 2.69. The highest BCUT2D eigenvalue weighted by Gasteiger charge is 2.42. The molecule has 0 aromatic carbocycles. The molecule has 0 N–H and O–H groups in total. The number of esters is 2. The Kier molecular flexibility index (Phi) is 15.3. The molecule has 0 spiro atoms. The Balaban J connectivity index is 4.89. The van der Waals surface area contributed by atoms with Crippen LogP contribution < -0.4 is 0 Å². The molecule has 0 fully saturated rings. The van der Waals surface area contributed by atoms with E-state index in [0.717, 1.165) is 38.5 Å². The zero-order chi connectivity index (χ0) is 23.2. The lowest BCUT2D eigenvalue weighted by atomic mass is 9.99. The lowest BCUT2D eigenvalue weighted by molar-refractivity contribution is -0.144. The van der Waals surface area contributed by atoms with E-state index in [1.807, 2.05) is 13.8 Å². The average molecular weight is 463 g/mol. The second-order valence-electron chi connectivity index (χ2n) is 9.60. The molecular formula is C24H46O4S2. The van der Waals surface area contributed by atoms with E-state index in [2.05, 4.69) is 27.7 Å². The van der Waals surface area contributed by atoms with Crippen molar-refractivity contribution in [3.8, 4) is 0 Å². The van der Waals surface area contributed by atoms with Crippen LogP contribution in [0.25, 0.3) is 0 Å². The van der Waals surface area contributed by atoms with E-state index in [1.165, 1.54) is 61.5 Å². The van der Waals surface area contributed by atoms with Crippen molar-refractivity contribution in [2.45, 2.75) is 115 Å². The maximum atomic E-state index is 12.6. The molecule has 178 valence electrons. The fourth-order valence-corrected chi connectivity index (χ4v) is 6.49. The fourth-order valence-electron chi connectivity index (χ4n) is 3.35. The molecule has 0 aliphatic carbocycles. The first kappa shape index (κ1) is 29.6. The highest BCUT2D eigenvalue weighted by atomic mass is 33.1. The van der Waals surface area contributed by atoms with E-state index >= 15 is 0 Å². The summed E-state index contributed by atoms with van der Waals surface area (Å²) < 4.78 is 8.89. The third-order valence-corrected chi connectivity index (χ3v) is 9.53. The second-order valence-corrected chi connectivity index (χ2v) is 12.7. The first-order valence-electron chi connectivity index (χ1n) is 11.5. The second kappa shape index (κ2) is 15.4. The minimum Gasteiger partial charge on any atom is -0.468 e. The van der Waals surface area contributed by atoms with Gasteiger partial charge in [-0.3, -0.25) is 9.59 Å². The van der Waals surface area contributed by atoms with Crippen molar-refractivity contribution >= 4 is 33.5 Å². The monoisotopic (exact) mass is 462 g/mol. The number of ether oxygens (including phenoxy) is 2. The van der Waals surface area contributed by atoms with Gasteiger partial charge < -0.3 is 9.47 Å². The molecule has 2 unspecified atom stereocenters. The van der Waals surface area contributed by atoms with Crippen molar-refractivity contribution in [3.63, 3.8) is 0 Å². The lowest BCUT2D eigenvalue weighted by Crippen LogP contribution is -2.36. The van der Waals surface area contributed by atoms with Crippen molar-refractivity contribution < 1.29 is 19.1 Å². The van der Waals surface area contributed by atoms with Gasteiger partial charge in [0.05, 0.1) is 14.2 Å². The van der Waals surface area contributed by atoms with Crippen LogP contribution in [0, 0.1) is 11.8 Å². The Morgan fingerprint density at radius 3 is 1.27 bits per heavy atom. The minimum atomic E-state index is -0.663. The van der Waals surface area contributed by atoms with Gasteiger partial charge in [-0.25, -0.2) is 0 Å². The molecule has 0 aliphatic heterocycles. The van der Waals surface area contributed by atoms with Crippen LogP contribution in [0.2, 0.25) is 0 Å². The molecule has 0 aromatic heterocycles. The van der Waals surface area contributed by atoms with Crippen LogP contribution in [0.5, 0.6) is 0 Å². The first-order chi connectivity index (χ1) is 14.0. The summed E-state index contributed by atoms with van der Waals surface area (Å²) in [7, 11) is 5.85. The van der Waals surface area contributed by atoms with Gasteiger partial charge in [0.15, 0.2) is 0 Å². The van der Waals surface area contributed by atoms with Gasteiger partial charge >= 0.3 is 11.9 Å². The van der Waals surface area contributed by atoms with E-state index < -0.39 is 9.49 Å². The highest BCUT2D eigenvalue weighted by Crippen LogP contribution is 2.49. The molecule has 0 amide bonds. The first-order valence-corrected chi connectivity index (χ1v) is 13.7. The van der Waals surface area contributed by atoms with Gasteiger partial charge in [0, 0.05) is 0 Å². The quantitative estimate of drug-likeness (QED) is 0.127. The van der Waals surface area contributed by atoms with Gasteiger partial charge in [0.2, 0.25) is 0 Å². The molecule has 0 aromatic rings. The Labute approximate surface area is 193 Å². The minimum absolute atomic E-state index is 0.215. The van der Waals surface area contributed by atoms with Gasteiger partial charge in [-0.1, -0.05) is 101 Å². The summed E-state index contributed by atoms with van der Waals surface area (Å²) in [6.45, 7) is 12.8. The highest BCUT2D eigenvalue weighted by molar-refractivity contribution is 8.78. The molecule has 0 radical (unpaired) electrons. The van der Waals surface area contributed by atoms with Crippen molar-refractivity contribution in [1.82, 2.24) is 0 Å². The molecule has 0 aliphatic rings. The van der Waals surface area contributed by atoms with E-state index in [-0.39, 0.29) is 11.9 Å². The maximum absolute atomic E-state index is 12.6. The Morgan fingerprint density at radius 1 is 0.667 bits per heavy atom. The van der Waals surface area contributed by atoms with Gasteiger partial charge in [0.1, 0.15) is 9.49 Å². The summed E-state index contributed by atoms with van der Waals surface area (Å²) >= 11 is 0. The van der Waals surface area contributed by atoms with E-state index in [0.29, 0.717) is 11.8 Å². The molecule has 4 nitrogen and oxygen atoms in total. The molecule has 2 atom stereocenters. The van der Waals surface area contributed by atoms with Crippen molar-refractivity contribution in [2.75, 3.05) is 14.2 Å². The Morgan fingerprint density at radius 2 is 1.00 bits per heavy atom. The van der Waals surface area contributed by atoms with E-state index in [9.17, 15) is 9.59 Å². The third-order valence-electron chi connectivity index (χ3n) is 5.51. The van der Waals surface area contributed by atoms with Crippen LogP contribution in [-0.2, 0) is 19.1 Å². The maximum Gasteiger partial charge on any atom is 0.322 e. The molecular weight excluding hydrogens is 416 g/mol. The van der Waals surface area contributed by atoms with Gasteiger partial charge in [0.25, 0.3) is 0 Å². The zero-order valence-corrected chi connectivity index (χ0v) is 22.3. The van der Waals surface area contributed by atoms with E-state index in [4.69, 9.17) is 9.47 Å². The number of unbranched alkanes of at least 4 members (excludes halogenated alkanes) is 4. The Hall–Kier alpha value is -0.360. The predicted octanol–water partition coefficient (Wildman–Crippen LogP) is 7.44. The molecule has 6 heteroatoms. The molecule has 0 bridgehead atoms. The number of carbonyl (C=O) groups is 2. The normalized spacial score (nSPS) is 15.7. The number of carbonyl (C=O) groups excluding carboxylic acids is 2. The SMILES string of the molecule is COC(=O)C(C)(CCCCCC(C)C)SSC(C)(CCCCCC(C)C)C(=O)OC. The van der Waals surface area contributed by atoms with Crippen LogP contribution in [0.15, 0.2) is 0 Å². The molecule has 0 saturated heterocycles. The largest absolute Gasteiger partial charge is 0.468 e. The van der Waals surface area contributed by atoms with Crippen molar-refractivity contribution in [1.29, 1.82) is 0 Å². The van der Waals surface area contributed by atoms with Gasteiger partial charge in [-0.15, -0.1) is 0 Å². The number of rotatable bonds is 17. The standard InChI is InChI=1S/C24H46O4S2/c1-19(2)15-11-9-13-17-23(5,21(25)27-7)29-30-24(6,22(26)28-8)18-14-10-12-16-20(3)4/h19-20H,9-18H2,1-8H3. The summed E-state index contributed by atoms with van der Waals surface area (Å²) in [6, 6.07) is 0. The van der Waals surface area contributed by atoms with Crippen LogP contribution >= 0.6 is 21.6 Å². The van der Waals surface area contributed by atoms with Crippen LogP contribution in [0.1, 0.15) is 106 Å². The van der Waals surface area contributed by atoms with Crippen LogP contribution in [0.4, 0.5) is 0 Å². The summed E-state index contributed by atoms with van der Waals surface area (Å²) in [4.78, 5) is 25.1. The summed E-state index contributed by atoms with van der Waals surface area (Å²) in [5.41, 5.74) is 0. The summed E-state index contributed by atoms with van der Waals surface area (Å²) in [5.74, 6) is 0.993. The summed E-state index contributed by atoms with van der Waals surface area (Å²) in [6.07, 6.45) is 10.5. The molecule has 0 saturated carbocycles. The number of hydrogen-bond acceptors (Lipinski definition) is 6.